The lowest BCUT2D eigenvalue weighted by Crippen LogP contribution is -2.72. The van der Waals surface area contributed by atoms with Crippen LogP contribution in [0.5, 0.6) is 0 Å². The molecule has 2 heterocycles. The van der Waals surface area contributed by atoms with Crippen LogP contribution in [0.25, 0.3) is 0 Å². The van der Waals surface area contributed by atoms with E-state index in [1.165, 1.54) is 10.7 Å². The molecule has 3 aliphatic carbocycles. The molecule has 126 valence electrons. The lowest BCUT2D eigenvalue weighted by Gasteiger charge is -2.64. The maximum Gasteiger partial charge on any atom is 0.347 e. The van der Waals surface area contributed by atoms with Crippen molar-refractivity contribution in [3.05, 3.63) is 50.4 Å². The van der Waals surface area contributed by atoms with Crippen LogP contribution in [0, 0.1) is 12.7 Å². The Morgan fingerprint density at radius 2 is 2.04 bits per heavy atom. The highest BCUT2D eigenvalue weighted by molar-refractivity contribution is 6.31. The normalized spacial score (nSPS) is 33.1. The van der Waals surface area contributed by atoms with E-state index in [9.17, 15) is 13.6 Å². The summed E-state index contributed by atoms with van der Waals surface area (Å²) in [4.78, 5) is 12.9. The molecule has 2 aromatic rings. The van der Waals surface area contributed by atoms with Gasteiger partial charge < -0.3 is 0 Å². The van der Waals surface area contributed by atoms with Crippen molar-refractivity contribution in [3.8, 4) is 0 Å². The van der Waals surface area contributed by atoms with E-state index in [1.54, 1.807) is 17.6 Å². The zero-order chi connectivity index (χ0) is 16.9. The van der Waals surface area contributed by atoms with Crippen molar-refractivity contribution < 1.29 is 8.78 Å². The fourth-order valence-electron chi connectivity index (χ4n) is 4.62. The molecule has 7 heteroatoms. The molecule has 1 unspecified atom stereocenters. The summed E-state index contributed by atoms with van der Waals surface area (Å²) in [5.41, 5.74) is -0.636. The van der Waals surface area contributed by atoms with Crippen molar-refractivity contribution in [2.45, 2.75) is 56.3 Å². The number of nitrogens with zero attached hydrogens (tertiary/aromatic N) is 3. The van der Waals surface area contributed by atoms with Crippen LogP contribution < -0.4 is 5.69 Å². The highest BCUT2D eigenvalue weighted by Crippen LogP contribution is 2.66. The number of fused-ring (bicyclic) bond motifs is 1. The van der Waals surface area contributed by atoms with Crippen molar-refractivity contribution in [2.24, 2.45) is 0 Å². The fourth-order valence-corrected chi connectivity index (χ4v) is 4.83. The van der Waals surface area contributed by atoms with Crippen molar-refractivity contribution in [1.29, 1.82) is 0 Å². The maximum absolute atomic E-state index is 14.0. The SMILES string of the molecule is Cc1c(F)cc(C2CCc3nn(C45CC(F)(C4)C5)c(=O)n32)cc1Cl. The monoisotopic (exact) mass is 351 g/mol. The van der Waals surface area contributed by atoms with E-state index in [-0.39, 0.29) is 17.5 Å². The first kappa shape index (κ1) is 14.6. The Balaban J connectivity index is 1.58. The molecular weight excluding hydrogens is 336 g/mol. The minimum atomic E-state index is -1.08. The molecule has 1 atom stereocenters. The molecule has 0 saturated heterocycles. The molecule has 4 nitrogen and oxygen atoms in total. The Morgan fingerprint density at radius 3 is 2.67 bits per heavy atom. The Hall–Kier alpha value is -1.69. The second-order valence-corrected chi connectivity index (χ2v) is 7.96. The van der Waals surface area contributed by atoms with Crippen LogP contribution in [-0.4, -0.2) is 20.0 Å². The summed E-state index contributed by atoms with van der Waals surface area (Å²) in [6.45, 7) is 1.63. The second kappa shape index (κ2) is 4.28. The van der Waals surface area contributed by atoms with Gasteiger partial charge in [-0.15, -0.1) is 0 Å². The van der Waals surface area contributed by atoms with E-state index in [4.69, 9.17) is 11.6 Å². The highest BCUT2D eigenvalue weighted by Gasteiger charge is 2.71. The van der Waals surface area contributed by atoms with Crippen molar-refractivity contribution in [1.82, 2.24) is 14.3 Å². The minimum absolute atomic E-state index is 0.216. The zero-order valence-corrected chi connectivity index (χ0v) is 13.9. The molecule has 1 aromatic carbocycles. The molecule has 1 aliphatic heterocycles. The lowest BCUT2D eigenvalue weighted by atomic mass is 9.47. The Kier molecular flexibility index (Phi) is 2.61. The van der Waals surface area contributed by atoms with E-state index in [0.717, 1.165) is 0 Å². The van der Waals surface area contributed by atoms with Gasteiger partial charge >= 0.3 is 5.69 Å². The average molecular weight is 352 g/mol. The average Bonchev–Trinajstić information content (AvgIpc) is 3.01. The van der Waals surface area contributed by atoms with Crippen LogP contribution in [-0.2, 0) is 12.0 Å². The lowest BCUT2D eigenvalue weighted by molar-refractivity contribution is -0.205. The number of aryl methyl sites for hydroxylation is 1. The van der Waals surface area contributed by atoms with Gasteiger partial charge in [-0.25, -0.2) is 18.3 Å². The number of alkyl halides is 1. The number of aromatic nitrogens is 3. The molecule has 3 fully saturated rings. The highest BCUT2D eigenvalue weighted by atomic mass is 35.5. The molecule has 0 N–H and O–H groups in total. The summed E-state index contributed by atoms with van der Waals surface area (Å²) in [7, 11) is 0. The van der Waals surface area contributed by atoms with Crippen LogP contribution in [0.15, 0.2) is 16.9 Å². The molecule has 3 saturated carbocycles. The summed E-state index contributed by atoms with van der Waals surface area (Å²) in [6.07, 6.45) is 2.48. The molecule has 0 radical (unpaired) electrons. The van der Waals surface area contributed by atoms with E-state index < -0.39 is 11.2 Å². The summed E-state index contributed by atoms with van der Waals surface area (Å²) in [5, 5.41) is 4.82. The Morgan fingerprint density at radius 1 is 1.33 bits per heavy atom. The van der Waals surface area contributed by atoms with Crippen LogP contribution >= 0.6 is 11.6 Å². The van der Waals surface area contributed by atoms with E-state index in [1.807, 2.05) is 0 Å². The van der Waals surface area contributed by atoms with Crippen molar-refractivity contribution in [3.63, 3.8) is 0 Å². The fraction of sp³-hybridized carbons (Fsp3) is 0.529. The summed E-state index contributed by atoms with van der Waals surface area (Å²) < 4.78 is 30.9. The standard InChI is InChI=1S/C17H16ClF2N3O/c1-9-11(18)4-10(5-12(9)19)13-2-3-14-21-23(15(24)22(13)14)17-6-16(20,7-17)8-17/h4-5,13H,2-3,6-8H2,1H3. The number of halogens is 3. The van der Waals surface area contributed by atoms with Gasteiger partial charge in [0.1, 0.15) is 17.3 Å². The Bertz CT molecular complexity index is 905. The van der Waals surface area contributed by atoms with Gasteiger partial charge in [-0.2, -0.15) is 5.10 Å². The van der Waals surface area contributed by atoms with Crippen LogP contribution in [0.4, 0.5) is 8.78 Å². The van der Waals surface area contributed by atoms with Crippen LogP contribution in [0.2, 0.25) is 5.02 Å². The topological polar surface area (TPSA) is 39.8 Å². The number of hydrogen-bond acceptors (Lipinski definition) is 2. The van der Waals surface area contributed by atoms with Crippen molar-refractivity contribution in [2.75, 3.05) is 0 Å². The molecule has 0 spiro atoms. The smallest absolute Gasteiger partial charge is 0.271 e. The van der Waals surface area contributed by atoms with Gasteiger partial charge in [0.05, 0.1) is 11.6 Å². The van der Waals surface area contributed by atoms with Gasteiger partial charge in [0, 0.05) is 36.3 Å². The molecule has 1 aromatic heterocycles. The zero-order valence-electron chi connectivity index (χ0n) is 13.2. The predicted octanol–water partition coefficient (Wildman–Crippen LogP) is 3.28. The molecule has 6 rings (SSSR count). The largest absolute Gasteiger partial charge is 0.347 e. The van der Waals surface area contributed by atoms with Crippen LogP contribution in [0.1, 0.15) is 48.7 Å². The van der Waals surface area contributed by atoms with Gasteiger partial charge in [-0.1, -0.05) is 11.6 Å². The summed E-state index contributed by atoms with van der Waals surface area (Å²) in [6, 6.07) is 2.91. The van der Waals surface area contributed by atoms with Gasteiger partial charge in [0.2, 0.25) is 0 Å². The first-order valence-corrected chi connectivity index (χ1v) is 8.55. The molecular formula is C17H16ClF2N3O. The molecule has 4 aliphatic rings. The maximum atomic E-state index is 14.0. The first-order chi connectivity index (χ1) is 11.3. The quantitative estimate of drug-likeness (QED) is 0.833. The summed E-state index contributed by atoms with van der Waals surface area (Å²) in [5.74, 6) is 0.324. The van der Waals surface area contributed by atoms with Crippen molar-refractivity contribution >= 4 is 11.6 Å². The summed E-state index contributed by atoms with van der Waals surface area (Å²) >= 11 is 6.11. The third kappa shape index (κ3) is 1.67. The van der Waals surface area contributed by atoms with Gasteiger partial charge in [0.25, 0.3) is 0 Å². The number of hydrogen-bond donors (Lipinski definition) is 0. The Labute approximate surface area is 142 Å². The van der Waals surface area contributed by atoms with E-state index >= 15 is 0 Å². The first-order valence-electron chi connectivity index (χ1n) is 8.17. The van der Waals surface area contributed by atoms with Gasteiger partial charge in [-0.3, -0.25) is 4.57 Å². The molecule has 0 amide bonds. The third-order valence-electron chi connectivity index (χ3n) is 5.91. The molecule has 24 heavy (non-hydrogen) atoms. The van der Waals surface area contributed by atoms with E-state index in [2.05, 4.69) is 5.10 Å². The number of benzene rings is 1. The second-order valence-electron chi connectivity index (χ2n) is 7.55. The molecule has 2 bridgehead atoms. The number of rotatable bonds is 2. The predicted molar refractivity (Wildman–Crippen MR) is 84.8 cm³/mol. The van der Waals surface area contributed by atoms with Gasteiger partial charge in [0.15, 0.2) is 0 Å². The van der Waals surface area contributed by atoms with Crippen LogP contribution in [0.3, 0.4) is 0 Å². The minimum Gasteiger partial charge on any atom is -0.271 e. The third-order valence-corrected chi connectivity index (χ3v) is 6.30. The van der Waals surface area contributed by atoms with Gasteiger partial charge in [-0.05, 0) is 31.0 Å². The van der Waals surface area contributed by atoms with E-state index in [0.29, 0.717) is 54.1 Å².